The quantitative estimate of drug-likeness (QED) is 0.613. The molecule has 64 valence electrons. The summed E-state index contributed by atoms with van der Waals surface area (Å²) in [7, 11) is 1.85. The Kier molecular flexibility index (Phi) is 3.12. The Morgan fingerprint density at radius 2 is 2.18 bits per heavy atom. The summed E-state index contributed by atoms with van der Waals surface area (Å²) in [5.74, 6) is 0.848. The first-order valence-corrected chi connectivity index (χ1v) is 4.63. The highest BCUT2D eigenvalue weighted by molar-refractivity contribution is 7.80. The molecule has 0 radical (unpaired) electrons. The molecular formula is C8H16N2S. The smallest absolute Gasteiger partial charge is 0.166 e. The summed E-state index contributed by atoms with van der Waals surface area (Å²) < 4.78 is 0. The standard InChI is InChI=1S/C8H16N2S/c1-6(7-4-3-5-7)10-8(11)9-2/h6-7H,3-5H2,1-2H3,(H2,9,10,11). The minimum Gasteiger partial charge on any atom is -0.366 e. The molecule has 0 aromatic rings. The monoisotopic (exact) mass is 172 g/mol. The van der Waals surface area contributed by atoms with Crippen LogP contribution in [0.5, 0.6) is 0 Å². The fourth-order valence-corrected chi connectivity index (χ4v) is 1.52. The van der Waals surface area contributed by atoms with E-state index in [0.717, 1.165) is 11.0 Å². The molecule has 0 aliphatic heterocycles. The third-order valence-corrected chi connectivity index (χ3v) is 2.76. The van der Waals surface area contributed by atoms with E-state index >= 15 is 0 Å². The van der Waals surface area contributed by atoms with E-state index in [1.165, 1.54) is 19.3 Å². The normalized spacial score (nSPS) is 20.2. The van der Waals surface area contributed by atoms with Gasteiger partial charge in [-0.2, -0.15) is 0 Å². The van der Waals surface area contributed by atoms with Gasteiger partial charge in [-0.1, -0.05) is 6.42 Å². The molecule has 2 nitrogen and oxygen atoms in total. The lowest BCUT2D eigenvalue weighted by Crippen LogP contribution is -2.44. The van der Waals surface area contributed by atoms with Gasteiger partial charge in [-0.25, -0.2) is 0 Å². The van der Waals surface area contributed by atoms with Crippen molar-refractivity contribution in [3.05, 3.63) is 0 Å². The van der Waals surface area contributed by atoms with Gasteiger partial charge in [-0.05, 0) is 37.9 Å². The van der Waals surface area contributed by atoms with Crippen LogP contribution < -0.4 is 10.6 Å². The van der Waals surface area contributed by atoms with E-state index in [-0.39, 0.29) is 0 Å². The van der Waals surface area contributed by atoms with E-state index < -0.39 is 0 Å². The van der Waals surface area contributed by atoms with Gasteiger partial charge >= 0.3 is 0 Å². The first-order valence-electron chi connectivity index (χ1n) is 4.22. The van der Waals surface area contributed by atoms with Crippen LogP contribution >= 0.6 is 12.2 Å². The van der Waals surface area contributed by atoms with Crippen LogP contribution in [0.4, 0.5) is 0 Å². The van der Waals surface area contributed by atoms with Crippen molar-refractivity contribution in [2.24, 2.45) is 5.92 Å². The Labute approximate surface area is 73.7 Å². The molecule has 0 aromatic carbocycles. The Bertz CT molecular complexity index is 143. The minimum atomic E-state index is 0.545. The van der Waals surface area contributed by atoms with Crippen molar-refractivity contribution in [1.29, 1.82) is 0 Å². The molecule has 11 heavy (non-hydrogen) atoms. The molecule has 1 fully saturated rings. The van der Waals surface area contributed by atoms with E-state index in [4.69, 9.17) is 12.2 Å². The van der Waals surface area contributed by atoms with Gasteiger partial charge in [-0.3, -0.25) is 0 Å². The van der Waals surface area contributed by atoms with Crippen molar-refractivity contribution in [2.45, 2.75) is 32.2 Å². The number of nitrogens with one attached hydrogen (secondary N) is 2. The lowest BCUT2D eigenvalue weighted by molar-refractivity contribution is 0.258. The number of hydrogen-bond acceptors (Lipinski definition) is 1. The zero-order chi connectivity index (χ0) is 8.27. The second-order valence-electron chi connectivity index (χ2n) is 3.20. The van der Waals surface area contributed by atoms with E-state index in [1.807, 2.05) is 7.05 Å². The first kappa shape index (κ1) is 8.78. The highest BCUT2D eigenvalue weighted by Crippen LogP contribution is 2.29. The Balaban J connectivity index is 2.19. The molecule has 3 heteroatoms. The largest absolute Gasteiger partial charge is 0.366 e. The van der Waals surface area contributed by atoms with E-state index in [0.29, 0.717) is 6.04 Å². The molecule has 1 saturated carbocycles. The topological polar surface area (TPSA) is 24.1 Å². The SMILES string of the molecule is CNC(=S)NC(C)C1CCC1. The van der Waals surface area contributed by atoms with Gasteiger partial charge in [0.15, 0.2) is 5.11 Å². The molecule has 1 atom stereocenters. The third kappa shape index (κ3) is 2.33. The number of rotatable bonds is 2. The Hall–Kier alpha value is -0.310. The van der Waals surface area contributed by atoms with Gasteiger partial charge in [0.05, 0.1) is 0 Å². The third-order valence-electron chi connectivity index (χ3n) is 2.44. The van der Waals surface area contributed by atoms with Gasteiger partial charge in [0.2, 0.25) is 0 Å². The van der Waals surface area contributed by atoms with Crippen LogP contribution in [0.15, 0.2) is 0 Å². The van der Waals surface area contributed by atoms with Gasteiger partial charge in [0.25, 0.3) is 0 Å². The van der Waals surface area contributed by atoms with Crippen molar-refractivity contribution in [1.82, 2.24) is 10.6 Å². The molecule has 1 aliphatic carbocycles. The van der Waals surface area contributed by atoms with Crippen molar-refractivity contribution < 1.29 is 0 Å². The lowest BCUT2D eigenvalue weighted by Gasteiger charge is -2.32. The van der Waals surface area contributed by atoms with Crippen LogP contribution in [-0.2, 0) is 0 Å². The minimum absolute atomic E-state index is 0.545. The molecule has 0 heterocycles. The summed E-state index contributed by atoms with van der Waals surface area (Å²) in [5.41, 5.74) is 0. The fraction of sp³-hybridized carbons (Fsp3) is 0.875. The molecule has 0 aromatic heterocycles. The number of hydrogen-bond donors (Lipinski definition) is 2. The highest BCUT2D eigenvalue weighted by Gasteiger charge is 2.23. The first-order chi connectivity index (χ1) is 5.24. The van der Waals surface area contributed by atoms with Crippen LogP contribution in [0.1, 0.15) is 26.2 Å². The van der Waals surface area contributed by atoms with Crippen molar-refractivity contribution >= 4 is 17.3 Å². The highest BCUT2D eigenvalue weighted by atomic mass is 32.1. The summed E-state index contributed by atoms with van der Waals surface area (Å²) in [4.78, 5) is 0. The zero-order valence-electron chi connectivity index (χ0n) is 7.18. The average molecular weight is 172 g/mol. The lowest BCUT2D eigenvalue weighted by atomic mass is 9.80. The van der Waals surface area contributed by atoms with E-state index in [2.05, 4.69) is 17.6 Å². The van der Waals surface area contributed by atoms with Gasteiger partial charge in [0, 0.05) is 13.1 Å². The van der Waals surface area contributed by atoms with Crippen molar-refractivity contribution in [2.75, 3.05) is 7.05 Å². The van der Waals surface area contributed by atoms with Gasteiger partial charge in [-0.15, -0.1) is 0 Å². The molecule has 1 rings (SSSR count). The number of thiocarbonyl (C=S) groups is 1. The van der Waals surface area contributed by atoms with Crippen LogP contribution in [0.3, 0.4) is 0 Å². The second-order valence-corrected chi connectivity index (χ2v) is 3.61. The van der Waals surface area contributed by atoms with E-state index in [9.17, 15) is 0 Å². The molecule has 2 N–H and O–H groups in total. The predicted molar refractivity (Wildman–Crippen MR) is 51.6 cm³/mol. The molecule has 0 amide bonds. The van der Waals surface area contributed by atoms with Crippen molar-refractivity contribution in [3.8, 4) is 0 Å². The molecule has 0 bridgehead atoms. The van der Waals surface area contributed by atoms with Gasteiger partial charge in [0.1, 0.15) is 0 Å². The maximum absolute atomic E-state index is 5.00. The summed E-state index contributed by atoms with van der Waals surface area (Å²) in [6, 6.07) is 0.545. The fourth-order valence-electron chi connectivity index (χ4n) is 1.34. The average Bonchev–Trinajstić information content (AvgIpc) is 1.83. The molecule has 0 spiro atoms. The predicted octanol–water partition coefficient (Wildman–Crippen LogP) is 1.27. The maximum Gasteiger partial charge on any atom is 0.166 e. The van der Waals surface area contributed by atoms with Crippen LogP contribution in [0.2, 0.25) is 0 Å². The van der Waals surface area contributed by atoms with Gasteiger partial charge < -0.3 is 10.6 Å². The summed E-state index contributed by atoms with van der Waals surface area (Å²) in [6.07, 6.45) is 4.12. The van der Waals surface area contributed by atoms with Crippen LogP contribution in [-0.4, -0.2) is 18.2 Å². The zero-order valence-corrected chi connectivity index (χ0v) is 8.00. The summed E-state index contributed by atoms with van der Waals surface area (Å²) >= 11 is 5.00. The van der Waals surface area contributed by atoms with Crippen LogP contribution in [0.25, 0.3) is 0 Å². The summed E-state index contributed by atoms with van der Waals surface area (Å²) in [6.45, 7) is 2.20. The van der Waals surface area contributed by atoms with Crippen molar-refractivity contribution in [3.63, 3.8) is 0 Å². The Morgan fingerprint density at radius 1 is 1.55 bits per heavy atom. The second kappa shape index (κ2) is 3.90. The molecule has 0 saturated heterocycles. The molecule has 1 unspecified atom stereocenters. The molecular weight excluding hydrogens is 156 g/mol. The summed E-state index contributed by atoms with van der Waals surface area (Å²) in [5, 5.41) is 6.94. The maximum atomic E-state index is 5.00. The molecule has 1 aliphatic rings. The Morgan fingerprint density at radius 3 is 2.55 bits per heavy atom. The van der Waals surface area contributed by atoms with Crippen LogP contribution in [0, 0.1) is 5.92 Å². The van der Waals surface area contributed by atoms with E-state index in [1.54, 1.807) is 0 Å².